The summed E-state index contributed by atoms with van der Waals surface area (Å²) in [5.41, 5.74) is 5.52. The van der Waals surface area contributed by atoms with Gasteiger partial charge in [-0.05, 0) is 56.9 Å². The fraction of sp³-hybridized carbons (Fsp3) is 0.280. The molecule has 5 rings (SSSR count). The second-order valence-corrected chi connectivity index (χ2v) is 8.52. The summed E-state index contributed by atoms with van der Waals surface area (Å²) in [7, 11) is 0. The molecule has 3 aromatic heterocycles. The number of rotatable bonds is 4. The lowest BCUT2D eigenvalue weighted by Crippen LogP contribution is -2.38. The highest BCUT2D eigenvalue weighted by Gasteiger charge is 2.29. The number of nitrogens with zero attached hydrogens (tertiary/aromatic N) is 3. The number of fused-ring (bicyclic) bond motifs is 1. The first-order valence-corrected chi connectivity index (χ1v) is 10.6. The van der Waals surface area contributed by atoms with E-state index in [1.807, 2.05) is 49.6 Å². The molecule has 2 N–H and O–H groups in total. The van der Waals surface area contributed by atoms with Crippen LogP contribution in [-0.2, 0) is 0 Å². The number of hydrogen-bond acceptors (Lipinski definition) is 4. The number of aliphatic hydroxyl groups is 1. The zero-order chi connectivity index (χ0) is 20.6. The Morgan fingerprint density at radius 3 is 2.77 bits per heavy atom. The minimum atomic E-state index is -0.578. The molecule has 0 saturated heterocycles. The number of nitrogens with one attached hydrogen (secondary N) is 1. The summed E-state index contributed by atoms with van der Waals surface area (Å²) in [6.45, 7) is 1.94. The number of pyridine rings is 2. The Bertz CT molecular complexity index is 1170. The third-order valence-corrected chi connectivity index (χ3v) is 5.96. The molecule has 1 aliphatic carbocycles. The van der Waals surface area contributed by atoms with Crippen LogP contribution in [0.4, 0.5) is 5.69 Å². The molecular formula is C25H26N4O. The highest BCUT2D eigenvalue weighted by atomic mass is 16.3. The zero-order valence-electron chi connectivity index (χ0n) is 17.1. The van der Waals surface area contributed by atoms with E-state index in [-0.39, 0.29) is 6.04 Å². The fourth-order valence-electron chi connectivity index (χ4n) is 4.46. The molecule has 152 valence electrons. The number of anilines is 1. The SMILES string of the molecule is C[C@]1(O)CCC[C@H](Nc2ccc3ncc(-c4ccnc(-c5ccccc5)c4)n3c2)C1. The quantitative estimate of drug-likeness (QED) is 0.498. The van der Waals surface area contributed by atoms with Crippen LogP contribution in [0.2, 0.25) is 0 Å². The van der Waals surface area contributed by atoms with Gasteiger partial charge in [-0.25, -0.2) is 4.98 Å². The second kappa shape index (κ2) is 7.58. The van der Waals surface area contributed by atoms with Crippen LogP contribution in [0.15, 0.2) is 73.2 Å². The Labute approximate surface area is 176 Å². The van der Waals surface area contributed by atoms with Crippen molar-refractivity contribution in [3.05, 3.63) is 73.2 Å². The summed E-state index contributed by atoms with van der Waals surface area (Å²) in [4.78, 5) is 9.13. The molecule has 4 aromatic rings. The van der Waals surface area contributed by atoms with Gasteiger partial charge in [-0.15, -0.1) is 0 Å². The van der Waals surface area contributed by atoms with Gasteiger partial charge < -0.3 is 10.4 Å². The number of hydrogen-bond donors (Lipinski definition) is 2. The average molecular weight is 399 g/mol. The van der Waals surface area contributed by atoms with E-state index in [9.17, 15) is 5.11 Å². The lowest BCUT2D eigenvalue weighted by Gasteiger charge is -2.34. The van der Waals surface area contributed by atoms with Crippen molar-refractivity contribution in [2.45, 2.75) is 44.2 Å². The van der Waals surface area contributed by atoms with Gasteiger partial charge in [0.2, 0.25) is 0 Å². The summed E-state index contributed by atoms with van der Waals surface area (Å²) < 4.78 is 2.12. The molecule has 1 aliphatic rings. The molecule has 1 saturated carbocycles. The molecule has 1 aromatic carbocycles. The Balaban J connectivity index is 1.47. The van der Waals surface area contributed by atoms with Crippen LogP contribution < -0.4 is 5.32 Å². The van der Waals surface area contributed by atoms with Crippen molar-refractivity contribution in [2.75, 3.05) is 5.32 Å². The molecule has 0 aliphatic heterocycles. The molecule has 0 bridgehead atoms. The van der Waals surface area contributed by atoms with E-state index in [0.717, 1.165) is 59.5 Å². The van der Waals surface area contributed by atoms with Crippen LogP contribution in [0.1, 0.15) is 32.6 Å². The molecule has 5 heteroatoms. The predicted octanol–water partition coefficient (Wildman–Crippen LogP) is 5.17. The van der Waals surface area contributed by atoms with Gasteiger partial charge in [-0.1, -0.05) is 30.3 Å². The van der Waals surface area contributed by atoms with Crippen molar-refractivity contribution in [1.29, 1.82) is 0 Å². The number of benzene rings is 1. The van der Waals surface area contributed by atoms with E-state index in [4.69, 9.17) is 0 Å². The topological polar surface area (TPSA) is 62.5 Å². The Morgan fingerprint density at radius 1 is 1.07 bits per heavy atom. The van der Waals surface area contributed by atoms with Crippen molar-refractivity contribution in [3.8, 4) is 22.5 Å². The lowest BCUT2D eigenvalue weighted by molar-refractivity contribution is 0.0182. The molecule has 1 fully saturated rings. The predicted molar refractivity (Wildman–Crippen MR) is 120 cm³/mol. The molecule has 0 unspecified atom stereocenters. The maximum absolute atomic E-state index is 10.4. The molecule has 0 amide bonds. The van der Waals surface area contributed by atoms with Crippen LogP contribution in [0.3, 0.4) is 0 Å². The van der Waals surface area contributed by atoms with Gasteiger partial charge in [0.15, 0.2) is 0 Å². The van der Waals surface area contributed by atoms with Crippen molar-refractivity contribution < 1.29 is 5.11 Å². The van der Waals surface area contributed by atoms with E-state index in [0.29, 0.717) is 0 Å². The summed E-state index contributed by atoms with van der Waals surface area (Å²) in [6, 6.07) is 18.7. The van der Waals surface area contributed by atoms with Crippen LogP contribution in [0.5, 0.6) is 0 Å². The maximum Gasteiger partial charge on any atom is 0.137 e. The van der Waals surface area contributed by atoms with Gasteiger partial charge >= 0.3 is 0 Å². The van der Waals surface area contributed by atoms with Gasteiger partial charge in [-0.2, -0.15) is 0 Å². The Morgan fingerprint density at radius 2 is 1.93 bits per heavy atom. The second-order valence-electron chi connectivity index (χ2n) is 8.52. The first-order valence-electron chi connectivity index (χ1n) is 10.6. The number of imidazole rings is 1. The van der Waals surface area contributed by atoms with Crippen molar-refractivity contribution in [1.82, 2.24) is 14.4 Å². The third-order valence-electron chi connectivity index (χ3n) is 5.96. The fourth-order valence-corrected chi connectivity index (χ4v) is 4.46. The van der Waals surface area contributed by atoms with Gasteiger partial charge in [0.1, 0.15) is 5.65 Å². The highest BCUT2D eigenvalue weighted by Crippen LogP contribution is 2.31. The largest absolute Gasteiger partial charge is 0.390 e. The van der Waals surface area contributed by atoms with Crippen LogP contribution in [0.25, 0.3) is 28.2 Å². The summed E-state index contributed by atoms with van der Waals surface area (Å²) in [5, 5.41) is 14.0. The first-order chi connectivity index (χ1) is 14.6. The molecule has 0 spiro atoms. The normalized spacial score (nSPS) is 21.6. The van der Waals surface area contributed by atoms with Crippen LogP contribution in [-0.4, -0.2) is 31.1 Å². The zero-order valence-corrected chi connectivity index (χ0v) is 17.1. The summed E-state index contributed by atoms with van der Waals surface area (Å²) in [6.07, 6.45) is 9.63. The Kier molecular flexibility index (Phi) is 4.75. The monoisotopic (exact) mass is 398 g/mol. The van der Waals surface area contributed by atoms with Gasteiger partial charge in [0, 0.05) is 29.6 Å². The van der Waals surface area contributed by atoms with Gasteiger partial charge in [0.25, 0.3) is 0 Å². The Hall–Kier alpha value is -3.18. The average Bonchev–Trinajstić information content (AvgIpc) is 3.17. The van der Waals surface area contributed by atoms with Crippen molar-refractivity contribution in [3.63, 3.8) is 0 Å². The first kappa shape index (κ1) is 18.8. The standard InChI is InChI=1S/C25H26N4O/c1-25(30)12-5-8-20(15-25)28-21-9-10-24-27-16-23(29(24)17-21)19-11-13-26-22(14-19)18-6-3-2-4-7-18/h2-4,6-7,9-11,13-14,16-17,20,28,30H,5,8,12,15H2,1H3/t20-,25-/m0/s1. The molecular weight excluding hydrogens is 372 g/mol. The minimum absolute atomic E-state index is 0.281. The third kappa shape index (κ3) is 3.81. The number of aromatic nitrogens is 3. The molecule has 5 nitrogen and oxygen atoms in total. The minimum Gasteiger partial charge on any atom is -0.390 e. The van der Waals surface area contributed by atoms with Crippen LogP contribution in [0, 0.1) is 0 Å². The lowest BCUT2D eigenvalue weighted by atomic mass is 9.83. The highest BCUT2D eigenvalue weighted by molar-refractivity contribution is 5.70. The van der Waals surface area contributed by atoms with Gasteiger partial charge in [-0.3, -0.25) is 9.38 Å². The van der Waals surface area contributed by atoms with E-state index in [1.165, 1.54) is 0 Å². The molecule has 3 heterocycles. The van der Waals surface area contributed by atoms with Crippen molar-refractivity contribution in [2.24, 2.45) is 0 Å². The summed E-state index contributed by atoms with van der Waals surface area (Å²) in [5.74, 6) is 0. The molecule has 0 radical (unpaired) electrons. The molecule has 2 atom stereocenters. The summed E-state index contributed by atoms with van der Waals surface area (Å²) >= 11 is 0. The maximum atomic E-state index is 10.4. The van der Waals surface area contributed by atoms with E-state index in [2.05, 4.69) is 50.1 Å². The van der Waals surface area contributed by atoms with E-state index < -0.39 is 5.60 Å². The van der Waals surface area contributed by atoms with Gasteiger partial charge in [0.05, 0.1) is 28.9 Å². The van der Waals surface area contributed by atoms with Crippen LogP contribution >= 0.6 is 0 Å². The van der Waals surface area contributed by atoms with E-state index >= 15 is 0 Å². The van der Waals surface area contributed by atoms with Crippen molar-refractivity contribution >= 4 is 11.3 Å². The molecule has 30 heavy (non-hydrogen) atoms. The smallest absolute Gasteiger partial charge is 0.137 e. The van der Waals surface area contributed by atoms with E-state index in [1.54, 1.807) is 0 Å².